The molecule has 1 aromatic carbocycles. The highest BCUT2D eigenvalue weighted by Gasteiger charge is 2.22. The van der Waals surface area contributed by atoms with Crippen LogP contribution in [0.5, 0.6) is 5.75 Å². The molecule has 0 radical (unpaired) electrons. The van der Waals surface area contributed by atoms with Gasteiger partial charge in [0.2, 0.25) is 0 Å². The smallest absolute Gasteiger partial charge is 0.119 e. The third kappa shape index (κ3) is 10.6. The maximum Gasteiger partial charge on any atom is 0.119 e. The van der Waals surface area contributed by atoms with Gasteiger partial charge in [0.05, 0.1) is 6.61 Å². The Bertz CT molecular complexity index is 664. The third-order valence-corrected chi connectivity index (χ3v) is 8.70. The standard InChI is InChI=1S/C33H54O/c1-3-5-7-9-27-34-33-25-23-32(24-26-33)22-21-31-19-17-30(18-20-31)16-15-29-13-11-28(12-14-29)10-8-6-4-2/h19,23-26,28-30H,3-18,20-22,27H2,1-2H3/t28-,29-,30?. The number of hydrogen-bond donors (Lipinski definition) is 0. The van der Waals surface area contributed by atoms with Crippen LogP contribution < -0.4 is 4.74 Å². The van der Waals surface area contributed by atoms with Gasteiger partial charge in [-0.05, 0) is 80.4 Å². The minimum atomic E-state index is 0.855. The molecule has 1 atom stereocenters. The fourth-order valence-corrected chi connectivity index (χ4v) is 6.17. The normalized spacial score (nSPS) is 23.0. The summed E-state index contributed by atoms with van der Waals surface area (Å²) in [6, 6.07) is 8.87. The summed E-state index contributed by atoms with van der Waals surface area (Å²) >= 11 is 0. The lowest BCUT2D eigenvalue weighted by Gasteiger charge is -2.30. The Balaban J connectivity index is 1.25. The molecule has 1 unspecified atom stereocenters. The Hall–Kier alpha value is -1.24. The van der Waals surface area contributed by atoms with Gasteiger partial charge >= 0.3 is 0 Å². The van der Waals surface area contributed by atoms with Crippen molar-refractivity contribution in [1.29, 1.82) is 0 Å². The molecule has 0 spiro atoms. The van der Waals surface area contributed by atoms with Gasteiger partial charge in [0.25, 0.3) is 0 Å². The number of benzene rings is 1. The van der Waals surface area contributed by atoms with E-state index in [1.54, 1.807) is 5.57 Å². The molecule has 0 saturated heterocycles. The van der Waals surface area contributed by atoms with Crippen LogP contribution in [0.3, 0.4) is 0 Å². The first-order valence-corrected chi connectivity index (χ1v) is 15.2. The van der Waals surface area contributed by atoms with Gasteiger partial charge in [-0.3, -0.25) is 0 Å². The maximum atomic E-state index is 5.89. The summed E-state index contributed by atoms with van der Waals surface area (Å²) < 4.78 is 5.89. The highest BCUT2D eigenvalue weighted by molar-refractivity contribution is 5.28. The monoisotopic (exact) mass is 466 g/mol. The Morgan fingerprint density at radius 3 is 2.03 bits per heavy atom. The largest absolute Gasteiger partial charge is 0.494 e. The fourth-order valence-electron chi connectivity index (χ4n) is 6.17. The van der Waals surface area contributed by atoms with Crippen LogP contribution in [0, 0.1) is 17.8 Å². The van der Waals surface area contributed by atoms with Gasteiger partial charge in [0.1, 0.15) is 5.75 Å². The highest BCUT2D eigenvalue weighted by atomic mass is 16.5. The molecule has 2 aliphatic carbocycles. The molecule has 1 saturated carbocycles. The van der Waals surface area contributed by atoms with Gasteiger partial charge in [-0.25, -0.2) is 0 Å². The first-order valence-electron chi connectivity index (χ1n) is 15.2. The molecule has 0 heterocycles. The van der Waals surface area contributed by atoms with E-state index in [0.717, 1.165) is 30.1 Å². The van der Waals surface area contributed by atoms with E-state index in [1.165, 1.54) is 128 Å². The van der Waals surface area contributed by atoms with Gasteiger partial charge in [0.15, 0.2) is 0 Å². The molecule has 3 rings (SSSR count). The van der Waals surface area contributed by atoms with E-state index in [2.05, 4.69) is 44.2 Å². The Morgan fingerprint density at radius 2 is 1.35 bits per heavy atom. The van der Waals surface area contributed by atoms with Crippen molar-refractivity contribution in [2.24, 2.45) is 17.8 Å². The van der Waals surface area contributed by atoms with E-state index in [0.29, 0.717) is 0 Å². The number of rotatable bonds is 16. The quantitative estimate of drug-likeness (QED) is 0.174. The molecule has 0 amide bonds. The van der Waals surface area contributed by atoms with Crippen LogP contribution in [-0.2, 0) is 6.42 Å². The zero-order valence-electron chi connectivity index (χ0n) is 22.7. The topological polar surface area (TPSA) is 9.23 Å². The molecule has 1 nitrogen and oxygen atoms in total. The van der Waals surface area contributed by atoms with Gasteiger partial charge in [0, 0.05) is 0 Å². The maximum absolute atomic E-state index is 5.89. The van der Waals surface area contributed by atoms with Crippen LogP contribution >= 0.6 is 0 Å². The number of unbranched alkanes of at least 4 members (excludes halogenated alkanes) is 5. The highest BCUT2D eigenvalue weighted by Crippen LogP contribution is 2.37. The molecule has 1 aromatic rings. The molecule has 34 heavy (non-hydrogen) atoms. The second kappa shape index (κ2) is 16.4. The molecule has 1 fully saturated rings. The lowest BCUT2D eigenvalue weighted by molar-refractivity contribution is 0.234. The average molecular weight is 467 g/mol. The van der Waals surface area contributed by atoms with Crippen molar-refractivity contribution >= 4 is 0 Å². The molecule has 192 valence electrons. The van der Waals surface area contributed by atoms with Crippen molar-refractivity contribution in [1.82, 2.24) is 0 Å². The summed E-state index contributed by atoms with van der Waals surface area (Å²) in [7, 11) is 0. The first-order chi connectivity index (χ1) is 16.8. The first kappa shape index (κ1) is 27.3. The van der Waals surface area contributed by atoms with Crippen LogP contribution in [0.25, 0.3) is 0 Å². The van der Waals surface area contributed by atoms with Crippen molar-refractivity contribution in [3.63, 3.8) is 0 Å². The van der Waals surface area contributed by atoms with Crippen molar-refractivity contribution in [3.8, 4) is 5.75 Å². The summed E-state index contributed by atoms with van der Waals surface area (Å²) in [4.78, 5) is 0. The van der Waals surface area contributed by atoms with E-state index < -0.39 is 0 Å². The summed E-state index contributed by atoms with van der Waals surface area (Å²) in [5.74, 6) is 4.09. The van der Waals surface area contributed by atoms with E-state index in [9.17, 15) is 0 Å². The Labute approximate surface area is 212 Å². The fraction of sp³-hybridized carbons (Fsp3) is 0.758. The van der Waals surface area contributed by atoms with Crippen molar-refractivity contribution < 1.29 is 4.74 Å². The second-order valence-corrected chi connectivity index (χ2v) is 11.5. The number of allylic oxidation sites excluding steroid dienone is 2. The summed E-state index contributed by atoms with van der Waals surface area (Å²) in [6.45, 7) is 5.43. The van der Waals surface area contributed by atoms with Gasteiger partial charge in [-0.2, -0.15) is 0 Å². The van der Waals surface area contributed by atoms with Gasteiger partial charge < -0.3 is 4.74 Å². The SMILES string of the molecule is CCCCCCOc1ccc(CCC2=CCC(CC[C@H]3CC[C@H](CCCCC)CC3)CC2)cc1. The molecule has 1 heteroatoms. The van der Waals surface area contributed by atoms with Crippen LogP contribution in [0.4, 0.5) is 0 Å². The van der Waals surface area contributed by atoms with Crippen LogP contribution in [-0.4, -0.2) is 6.61 Å². The predicted octanol–water partition coefficient (Wildman–Crippen LogP) is 10.5. The zero-order chi connectivity index (χ0) is 23.8. The van der Waals surface area contributed by atoms with E-state index >= 15 is 0 Å². The summed E-state index contributed by atoms with van der Waals surface area (Å²) in [5.41, 5.74) is 3.16. The minimum Gasteiger partial charge on any atom is -0.494 e. The average Bonchev–Trinajstić information content (AvgIpc) is 2.88. The molecule has 2 aliphatic rings. The lowest BCUT2D eigenvalue weighted by Crippen LogP contribution is -2.16. The summed E-state index contributed by atoms with van der Waals surface area (Å²) in [5, 5.41) is 0. The zero-order valence-corrected chi connectivity index (χ0v) is 22.7. The number of ether oxygens (including phenoxy) is 1. The van der Waals surface area contributed by atoms with Crippen molar-refractivity contribution in [2.45, 2.75) is 136 Å². The summed E-state index contributed by atoms with van der Waals surface area (Å²) in [6.07, 6.45) is 29.1. The van der Waals surface area contributed by atoms with Crippen molar-refractivity contribution in [3.05, 3.63) is 41.5 Å². The second-order valence-electron chi connectivity index (χ2n) is 11.5. The van der Waals surface area contributed by atoms with Crippen molar-refractivity contribution in [2.75, 3.05) is 6.61 Å². The molecular weight excluding hydrogens is 412 g/mol. The molecule has 0 N–H and O–H groups in total. The van der Waals surface area contributed by atoms with Gasteiger partial charge in [-0.1, -0.05) is 115 Å². The lowest BCUT2D eigenvalue weighted by atomic mass is 9.76. The van der Waals surface area contributed by atoms with Crippen LogP contribution in [0.15, 0.2) is 35.9 Å². The Morgan fingerprint density at radius 1 is 0.676 bits per heavy atom. The van der Waals surface area contributed by atoms with E-state index in [1.807, 2.05) is 0 Å². The van der Waals surface area contributed by atoms with Crippen LogP contribution in [0.2, 0.25) is 0 Å². The number of hydrogen-bond acceptors (Lipinski definition) is 1. The number of aryl methyl sites for hydroxylation is 1. The molecule has 0 bridgehead atoms. The molecule has 0 aliphatic heterocycles. The van der Waals surface area contributed by atoms with Gasteiger partial charge in [-0.15, -0.1) is 0 Å². The minimum absolute atomic E-state index is 0.855. The van der Waals surface area contributed by atoms with E-state index in [-0.39, 0.29) is 0 Å². The Kier molecular flexibility index (Phi) is 13.2. The third-order valence-electron chi connectivity index (χ3n) is 8.70. The molecular formula is C33H54O. The predicted molar refractivity (Wildman–Crippen MR) is 149 cm³/mol. The van der Waals surface area contributed by atoms with Crippen LogP contribution in [0.1, 0.15) is 135 Å². The van der Waals surface area contributed by atoms with E-state index in [4.69, 9.17) is 4.74 Å². The molecule has 0 aromatic heterocycles.